The molecule has 0 bridgehead atoms. The molecule has 2 atom stereocenters. The van der Waals surface area contributed by atoms with E-state index in [2.05, 4.69) is 15.6 Å². The van der Waals surface area contributed by atoms with E-state index in [1.54, 1.807) is 0 Å². The fourth-order valence-corrected chi connectivity index (χ4v) is 3.73. The van der Waals surface area contributed by atoms with Crippen LogP contribution < -0.4 is 10.6 Å². The molecule has 1 saturated heterocycles. The molecule has 1 amide bonds. The summed E-state index contributed by atoms with van der Waals surface area (Å²) in [5.74, 6) is 1.42. The molecular formula is C18H28N4O2S. The second kappa shape index (κ2) is 10.2. The predicted molar refractivity (Wildman–Crippen MR) is 102 cm³/mol. The summed E-state index contributed by atoms with van der Waals surface area (Å²) in [6.45, 7) is 6.66. The highest BCUT2D eigenvalue weighted by molar-refractivity contribution is 7.85. The van der Waals surface area contributed by atoms with Crippen molar-refractivity contribution < 1.29 is 9.00 Å². The maximum Gasteiger partial charge on any atom is 0.222 e. The van der Waals surface area contributed by atoms with E-state index in [4.69, 9.17) is 0 Å². The van der Waals surface area contributed by atoms with Gasteiger partial charge in [0.05, 0.1) is 17.3 Å². The zero-order valence-electron chi connectivity index (χ0n) is 15.0. The molecule has 1 aromatic rings. The molecule has 2 unspecified atom stereocenters. The molecule has 1 fully saturated rings. The number of carbonyl (C=O) groups excluding carboxylic acids is 1. The summed E-state index contributed by atoms with van der Waals surface area (Å²) in [6, 6.07) is 9.67. The van der Waals surface area contributed by atoms with Crippen molar-refractivity contribution in [3.63, 3.8) is 0 Å². The molecular weight excluding hydrogens is 336 g/mol. The SMILES string of the molecule is CCNC(=NCCS(=O)c1ccccc1)NC1CCN(C(=O)CC)C1. The lowest BCUT2D eigenvalue weighted by atomic mass is 10.3. The number of nitrogens with zero attached hydrogens (tertiary/aromatic N) is 2. The number of aliphatic imine (C=N–C) groups is 1. The predicted octanol–water partition coefficient (Wildman–Crippen LogP) is 1.36. The third-order valence-corrected chi connectivity index (χ3v) is 5.43. The quantitative estimate of drug-likeness (QED) is 0.566. The number of guanidine groups is 1. The summed E-state index contributed by atoms with van der Waals surface area (Å²) in [5.41, 5.74) is 0. The van der Waals surface area contributed by atoms with Gasteiger partial charge < -0.3 is 15.5 Å². The van der Waals surface area contributed by atoms with Gasteiger partial charge in [0, 0.05) is 42.7 Å². The van der Waals surface area contributed by atoms with E-state index in [-0.39, 0.29) is 11.9 Å². The molecule has 0 saturated carbocycles. The highest BCUT2D eigenvalue weighted by atomic mass is 32.2. The first-order chi connectivity index (χ1) is 12.1. The van der Waals surface area contributed by atoms with Crippen LogP contribution in [0, 0.1) is 0 Å². The molecule has 0 spiro atoms. The smallest absolute Gasteiger partial charge is 0.222 e. The number of nitrogens with one attached hydrogen (secondary N) is 2. The number of hydrogen-bond donors (Lipinski definition) is 2. The van der Waals surface area contributed by atoms with Gasteiger partial charge in [-0.3, -0.25) is 14.0 Å². The Morgan fingerprint density at radius 3 is 2.76 bits per heavy atom. The largest absolute Gasteiger partial charge is 0.357 e. The second-order valence-electron chi connectivity index (χ2n) is 5.95. The fourth-order valence-electron chi connectivity index (χ4n) is 2.77. The summed E-state index contributed by atoms with van der Waals surface area (Å²) in [4.78, 5) is 19.0. The van der Waals surface area contributed by atoms with Gasteiger partial charge in [-0.15, -0.1) is 0 Å². The first kappa shape index (κ1) is 19.4. The van der Waals surface area contributed by atoms with E-state index in [0.29, 0.717) is 25.3 Å². The second-order valence-corrected chi connectivity index (χ2v) is 7.52. The average Bonchev–Trinajstić information content (AvgIpc) is 3.10. The van der Waals surface area contributed by atoms with Gasteiger partial charge in [0.2, 0.25) is 5.91 Å². The molecule has 25 heavy (non-hydrogen) atoms. The highest BCUT2D eigenvalue weighted by Crippen LogP contribution is 2.10. The van der Waals surface area contributed by atoms with Crippen LogP contribution in [0.1, 0.15) is 26.7 Å². The summed E-state index contributed by atoms with van der Waals surface area (Å²) in [7, 11) is -1.04. The van der Waals surface area contributed by atoms with Crippen LogP contribution in [0.2, 0.25) is 0 Å². The van der Waals surface area contributed by atoms with Crippen molar-refractivity contribution in [1.82, 2.24) is 15.5 Å². The fraction of sp³-hybridized carbons (Fsp3) is 0.556. The Labute approximate surface area is 152 Å². The first-order valence-corrected chi connectivity index (χ1v) is 10.2. The highest BCUT2D eigenvalue weighted by Gasteiger charge is 2.25. The maximum atomic E-state index is 12.2. The van der Waals surface area contributed by atoms with Crippen molar-refractivity contribution in [3.8, 4) is 0 Å². The van der Waals surface area contributed by atoms with E-state index in [9.17, 15) is 9.00 Å². The van der Waals surface area contributed by atoms with Gasteiger partial charge in [-0.2, -0.15) is 0 Å². The van der Waals surface area contributed by atoms with Gasteiger partial charge in [0.25, 0.3) is 0 Å². The molecule has 1 aromatic carbocycles. The normalized spacial score (nSPS) is 18.9. The van der Waals surface area contributed by atoms with Crippen LogP contribution in [-0.4, -0.2) is 58.9 Å². The van der Waals surface area contributed by atoms with Crippen molar-refractivity contribution in [3.05, 3.63) is 30.3 Å². The van der Waals surface area contributed by atoms with Gasteiger partial charge in [-0.1, -0.05) is 25.1 Å². The van der Waals surface area contributed by atoms with Crippen LogP contribution in [0.15, 0.2) is 40.2 Å². The van der Waals surface area contributed by atoms with Crippen LogP contribution in [0.25, 0.3) is 0 Å². The number of carbonyl (C=O) groups is 1. The Hall–Kier alpha value is -1.89. The topological polar surface area (TPSA) is 73.8 Å². The zero-order chi connectivity index (χ0) is 18.1. The minimum Gasteiger partial charge on any atom is -0.357 e. The molecule has 0 radical (unpaired) electrons. The summed E-state index contributed by atoms with van der Waals surface area (Å²) < 4.78 is 12.2. The van der Waals surface area contributed by atoms with Crippen molar-refractivity contribution in [1.29, 1.82) is 0 Å². The number of benzene rings is 1. The van der Waals surface area contributed by atoms with E-state index >= 15 is 0 Å². The molecule has 138 valence electrons. The third-order valence-electron chi connectivity index (χ3n) is 4.08. The monoisotopic (exact) mass is 364 g/mol. The molecule has 0 aliphatic carbocycles. The molecule has 6 nitrogen and oxygen atoms in total. The Bertz CT molecular complexity index is 606. The Kier molecular flexibility index (Phi) is 7.91. The van der Waals surface area contributed by atoms with Gasteiger partial charge >= 0.3 is 0 Å². The molecule has 1 aliphatic heterocycles. The maximum absolute atomic E-state index is 12.2. The van der Waals surface area contributed by atoms with Gasteiger partial charge in [-0.25, -0.2) is 0 Å². The number of hydrogen-bond acceptors (Lipinski definition) is 3. The van der Waals surface area contributed by atoms with Crippen molar-refractivity contribution in [2.45, 2.75) is 37.6 Å². The zero-order valence-corrected chi connectivity index (χ0v) is 15.8. The minimum atomic E-state index is -1.04. The molecule has 7 heteroatoms. The molecule has 2 rings (SSSR count). The number of amides is 1. The Morgan fingerprint density at radius 2 is 2.08 bits per heavy atom. The van der Waals surface area contributed by atoms with Crippen LogP contribution in [0.5, 0.6) is 0 Å². The van der Waals surface area contributed by atoms with Crippen LogP contribution in [0.3, 0.4) is 0 Å². The standard InChI is InChI=1S/C18H28N4O2S/c1-3-17(23)22-12-10-15(14-22)21-18(19-4-2)20-11-13-25(24)16-8-6-5-7-9-16/h5-9,15H,3-4,10-14H2,1-2H3,(H2,19,20,21). The number of rotatable bonds is 7. The van der Waals surface area contributed by atoms with E-state index in [1.165, 1.54) is 0 Å². The lowest BCUT2D eigenvalue weighted by Gasteiger charge is -2.18. The summed E-state index contributed by atoms with van der Waals surface area (Å²) >= 11 is 0. The van der Waals surface area contributed by atoms with Gasteiger partial charge in [0.15, 0.2) is 5.96 Å². The third kappa shape index (κ3) is 6.16. The Balaban J connectivity index is 1.84. The van der Waals surface area contributed by atoms with E-state index in [1.807, 2.05) is 49.1 Å². The lowest BCUT2D eigenvalue weighted by molar-refractivity contribution is -0.129. The minimum absolute atomic E-state index is 0.199. The molecule has 1 heterocycles. The average molecular weight is 365 g/mol. The van der Waals surface area contributed by atoms with Gasteiger partial charge in [-0.05, 0) is 25.5 Å². The van der Waals surface area contributed by atoms with Crippen molar-refractivity contribution in [2.24, 2.45) is 4.99 Å². The van der Waals surface area contributed by atoms with Gasteiger partial charge in [0.1, 0.15) is 0 Å². The Morgan fingerprint density at radius 1 is 1.32 bits per heavy atom. The van der Waals surface area contributed by atoms with Crippen LogP contribution in [0.4, 0.5) is 0 Å². The first-order valence-electron chi connectivity index (χ1n) is 8.90. The van der Waals surface area contributed by atoms with Crippen LogP contribution >= 0.6 is 0 Å². The summed E-state index contributed by atoms with van der Waals surface area (Å²) in [6.07, 6.45) is 1.47. The lowest BCUT2D eigenvalue weighted by Crippen LogP contribution is -2.45. The molecule has 2 N–H and O–H groups in total. The van der Waals surface area contributed by atoms with Crippen molar-refractivity contribution >= 4 is 22.7 Å². The van der Waals surface area contributed by atoms with E-state index in [0.717, 1.165) is 30.4 Å². The van der Waals surface area contributed by atoms with Crippen LogP contribution in [-0.2, 0) is 15.6 Å². The number of likely N-dealkylation sites (tertiary alicyclic amines) is 1. The van der Waals surface area contributed by atoms with Crippen molar-refractivity contribution in [2.75, 3.05) is 31.9 Å². The molecule has 1 aliphatic rings. The summed E-state index contributed by atoms with van der Waals surface area (Å²) in [5, 5.41) is 6.60. The van der Waals surface area contributed by atoms with E-state index < -0.39 is 10.8 Å². The molecule has 0 aromatic heterocycles.